The summed E-state index contributed by atoms with van der Waals surface area (Å²) < 4.78 is 0. The third-order valence-electron chi connectivity index (χ3n) is 2.25. The fourth-order valence-corrected chi connectivity index (χ4v) is 1.57. The van der Waals surface area contributed by atoms with Crippen molar-refractivity contribution in [3.05, 3.63) is 47.5 Å². The maximum absolute atomic E-state index is 8.00. The summed E-state index contributed by atoms with van der Waals surface area (Å²) in [6.45, 7) is 6.28. The van der Waals surface area contributed by atoms with Gasteiger partial charge in [-0.3, -0.25) is 0 Å². The quantitative estimate of drug-likeness (QED) is 0.617. The van der Waals surface area contributed by atoms with Crippen LogP contribution in [0.1, 0.15) is 11.1 Å². The smallest absolute Gasteiger partial charge is 0.106 e. The number of benzene rings is 2. The summed E-state index contributed by atoms with van der Waals surface area (Å²) in [4.78, 5) is 8.00. The predicted octanol–water partition coefficient (Wildman–Crippen LogP) is 3.27. The Hall–Kier alpha value is -1.63. The minimum atomic E-state index is 1.33. The van der Waals surface area contributed by atoms with Crippen LogP contribution in [0.5, 0.6) is 0 Å². The van der Waals surface area contributed by atoms with E-state index in [4.69, 9.17) is 4.79 Å². The van der Waals surface area contributed by atoms with E-state index in [1.807, 2.05) is 6.79 Å². The van der Waals surface area contributed by atoms with Crippen LogP contribution in [0.4, 0.5) is 0 Å². The molecule has 0 saturated carbocycles. The zero-order chi connectivity index (χ0) is 10.6. The van der Waals surface area contributed by atoms with Crippen molar-refractivity contribution >= 4 is 17.6 Å². The topological polar surface area (TPSA) is 17.1 Å². The normalized spacial score (nSPS) is 9.29. The highest BCUT2D eigenvalue weighted by atomic mass is 16.1. The van der Waals surface area contributed by atoms with E-state index in [2.05, 4.69) is 50.2 Å². The molecule has 0 radical (unpaired) electrons. The molecular weight excluding hydrogens is 172 g/mol. The molecule has 72 valence electrons. The molecule has 0 N–H and O–H groups in total. The van der Waals surface area contributed by atoms with Gasteiger partial charge in [0.15, 0.2) is 0 Å². The summed E-state index contributed by atoms with van der Waals surface area (Å²) in [6.07, 6.45) is 0. The molecule has 0 aliphatic carbocycles. The highest BCUT2D eigenvalue weighted by Crippen LogP contribution is 2.18. The van der Waals surface area contributed by atoms with E-state index in [-0.39, 0.29) is 0 Å². The maximum Gasteiger partial charge on any atom is 0.106 e. The van der Waals surface area contributed by atoms with Gasteiger partial charge in [0.05, 0.1) is 0 Å². The minimum absolute atomic E-state index is 1.33. The molecule has 0 bridgehead atoms. The van der Waals surface area contributed by atoms with E-state index in [0.29, 0.717) is 0 Å². The fourth-order valence-electron chi connectivity index (χ4n) is 1.57. The second kappa shape index (κ2) is 4.56. The first-order chi connectivity index (χ1) is 6.77. The van der Waals surface area contributed by atoms with Crippen LogP contribution in [0, 0.1) is 13.8 Å². The van der Waals surface area contributed by atoms with E-state index in [1.54, 1.807) is 0 Å². The molecule has 0 unspecified atom stereocenters. The van der Waals surface area contributed by atoms with Crippen molar-refractivity contribution in [1.29, 1.82) is 0 Å². The summed E-state index contributed by atoms with van der Waals surface area (Å²) in [7, 11) is 0. The number of hydrogen-bond acceptors (Lipinski definition) is 1. The fraction of sp³-hybridized carbons (Fsp3) is 0.154. The Morgan fingerprint density at radius 3 is 2.43 bits per heavy atom. The lowest BCUT2D eigenvalue weighted by molar-refractivity contribution is -0.0979. The summed E-state index contributed by atoms with van der Waals surface area (Å²) in [5.41, 5.74) is 2.68. The zero-order valence-electron chi connectivity index (χ0n) is 8.58. The number of carbonyl (C=O) groups excluding carboxylic acids is 1. The van der Waals surface area contributed by atoms with Crippen LogP contribution in [-0.4, -0.2) is 6.79 Å². The van der Waals surface area contributed by atoms with Crippen LogP contribution in [0.25, 0.3) is 10.8 Å². The Bertz CT molecular complexity index is 432. The lowest BCUT2D eigenvalue weighted by Gasteiger charge is -2.01. The molecule has 0 aliphatic heterocycles. The van der Waals surface area contributed by atoms with Gasteiger partial charge in [-0.15, -0.1) is 0 Å². The molecule has 0 heterocycles. The lowest BCUT2D eigenvalue weighted by Crippen LogP contribution is -1.78. The highest BCUT2D eigenvalue weighted by Gasteiger charge is 1.94. The third kappa shape index (κ3) is 1.99. The maximum atomic E-state index is 8.00. The number of hydrogen-bond donors (Lipinski definition) is 0. The molecule has 1 nitrogen and oxygen atoms in total. The molecule has 0 aromatic heterocycles. The van der Waals surface area contributed by atoms with Crippen molar-refractivity contribution in [1.82, 2.24) is 0 Å². The van der Waals surface area contributed by atoms with Crippen molar-refractivity contribution in [2.24, 2.45) is 0 Å². The molecule has 0 atom stereocenters. The number of aryl methyl sites for hydroxylation is 2. The molecule has 14 heavy (non-hydrogen) atoms. The highest BCUT2D eigenvalue weighted by molar-refractivity contribution is 5.85. The number of carbonyl (C=O) groups is 1. The third-order valence-corrected chi connectivity index (χ3v) is 2.25. The Morgan fingerprint density at radius 2 is 1.71 bits per heavy atom. The van der Waals surface area contributed by atoms with Crippen LogP contribution in [-0.2, 0) is 4.79 Å². The average molecular weight is 186 g/mol. The number of rotatable bonds is 0. The first-order valence-electron chi connectivity index (χ1n) is 4.52. The Balaban J connectivity index is 0.000000461. The van der Waals surface area contributed by atoms with Gasteiger partial charge in [-0.25, -0.2) is 0 Å². The molecule has 2 aromatic carbocycles. The molecule has 1 heteroatoms. The Labute approximate surface area is 84.4 Å². The average Bonchev–Trinajstić information content (AvgIpc) is 2.21. The largest absolute Gasteiger partial charge is 0.307 e. The van der Waals surface area contributed by atoms with Gasteiger partial charge in [0.2, 0.25) is 0 Å². The van der Waals surface area contributed by atoms with E-state index in [0.717, 1.165) is 0 Å². The van der Waals surface area contributed by atoms with E-state index < -0.39 is 0 Å². The van der Waals surface area contributed by atoms with Crippen molar-refractivity contribution < 1.29 is 4.79 Å². The zero-order valence-corrected chi connectivity index (χ0v) is 8.58. The molecule has 2 rings (SSSR count). The van der Waals surface area contributed by atoms with Gasteiger partial charge in [-0.2, -0.15) is 0 Å². The molecule has 0 fully saturated rings. The summed E-state index contributed by atoms with van der Waals surface area (Å²) in [5.74, 6) is 0. The van der Waals surface area contributed by atoms with Gasteiger partial charge >= 0.3 is 0 Å². The van der Waals surface area contributed by atoms with Crippen molar-refractivity contribution in [2.75, 3.05) is 0 Å². The Morgan fingerprint density at radius 1 is 1.00 bits per heavy atom. The van der Waals surface area contributed by atoms with Gasteiger partial charge in [-0.05, 0) is 30.2 Å². The molecule has 2 aromatic rings. The van der Waals surface area contributed by atoms with Crippen molar-refractivity contribution in [3.63, 3.8) is 0 Å². The summed E-state index contributed by atoms with van der Waals surface area (Å²) in [6, 6.07) is 13.0. The standard InChI is InChI=1S/C12H12.CH2O/c1-9-6-7-12-10(2)4-3-5-11(12)8-9;1-2/h3-8H,1-2H3;1H2. The summed E-state index contributed by atoms with van der Waals surface area (Å²) >= 11 is 0. The predicted molar refractivity (Wildman–Crippen MR) is 60.5 cm³/mol. The minimum Gasteiger partial charge on any atom is -0.307 e. The van der Waals surface area contributed by atoms with Gasteiger partial charge in [-0.1, -0.05) is 42.0 Å². The van der Waals surface area contributed by atoms with Crippen LogP contribution < -0.4 is 0 Å². The molecular formula is C13H14O. The molecule has 0 saturated heterocycles. The molecule has 0 aliphatic rings. The van der Waals surface area contributed by atoms with Crippen LogP contribution >= 0.6 is 0 Å². The first kappa shape index (κ1) is 10.5. The van der Waals surface area contributed by atoms with E-state index in [1.165, 1.54) is 21.9 Å². The van der Waals surface area contributed by atoms with Gasteiger partial charge in [0, 0.05) is 0 Å². The lowest BCUT2D eigenvalue weighted by atomic mass is 10.0. The Kier molecular flexibility index (Phi) is 3.41. The van der Waals surface area contributed by atoms with Gasteiger partial charge in [0.25, 0.3) is 0 Å². The molecule has 0 amide bonds. The van der Waals surface area contributed by atoms with Crippen LogP contribution in [0.3, 0.4) is 0 Å². The second-order valence-electron chi connectivity index (χ2n) is 3.30. The number of fused-ring (bicyclic) bond motifs is 1. The van der Waals surface area contributed by atoms with Crippen LogP contribution in [0.2, 0.25) is 0 Å². The van der Waals surface area contributed by atoms with Gasteiger partial charge in [0.1, 0.15) is 6.79 Å². The first-order valence-corrected chi connectivity index (χ1v) is 4.52. The monoisotopic (exact) mass is 186 g/mol. The van der Waals surface area contributed by atoms with Crippen molar-refractivity contribution in [2.45, 2.75) is 13.8 Å². The van der Waals surface area contributed by atoms with Crippen LogP contribution in [0.15, 0.2) is 36.4 Å². The summed E-state index contributed by atoms with van der Waals surface area (Å²) in [5, 5.41) is 2.71. The van der Waals surface area contributed by atoms with E-state index >= 15 is 0 Å². The second-order valence-corrected chi connectivity index (χ2v) is 3.30. The molecule has 0 spiro atoms. The van der Waals surface area contributed by atoms with Crippen molar-refractivity contribution in [3.8, 4) is 0 Å². The van der Waals surface area contributed by atoms with E-state index in [9.17, 15) is 0 Å². The van der Waals surface area contributed by atoms with Gasteiger partial charge < -0.3 is 4.79 Å². The SMILES string of the molecule is C=O.Cc1ccc2c(C)cccc2c1.